The molecule has 3 rings (SSSR count). The summed E-state index contributed by atoms with van der Waals surface area (Å²) in [6, 6.07) is 11.9. The molecule has 0 bridgehead atoms. The van der Waals surface area contributed by atoms with Crippen LogP contribution in [0.4, 0.5) is 4.39 Å². The van der Waals surface area contributed by atoms with E-state index in [0.29, 0.717) is 5.75 Å². The van der Waals surface area contributed by atoms with Gasteiger partial charge in [-0.3, -0.25) is 0 Å². The van der Waals surface area contributed by atoms with Gasteiger partial charge < -0.3 is 4.74 Å². The smallest absolute Gasteiger partial charge is 0.130 e. The summed E-state index contributed by atoms with van der Waals surface area (Å²) in [5, 5.41) is 1.21. The second kappa shape index (κ2) is 6.45. The number of benzene rings is 2. The standard InChI is InChI=1S/C22H25FOS/c1-13(2)15-11-16(18(24-6)12-17(15)23)20-14-9-7-8-10-19(14)25-21(20)22(3,4)5/h7-13H,1-6H3. The van der Waals surface area contributed by atoms with Crippen molar-refractivity contribution in [3.05, 3.63) is 52.7 Å². The minimum atomic E-state index is -0.201. The first-order valence-corrected chi connectivity index (χ1v) is 9.45. The van der Waals surface area contributed by atoms with Gasteiger partial charge in [0.25, 0.3) is 0 Å². The van der Waals surface area contributed by atoms with Gasteiger partial charge in [0.15, 0.2) is 0 Å². The third-order valence-corrected chi connectivity index (χ3v) is 6.08. The summed E-state index contributed by atoms with van der Waals surface area (Å²) in [6.07, 6.45) is 0. The van der Waals surface area contributed by atoms with Crippen molar-refractivity contribution in [2.24, 2.45) is 0 Å². The molecule has 0 unspecified atom stereocenters. The molecule has 132 valence electrons. The highest BCUT2D eigenvalue weighted by molar-refractivity contribution is 7.19. The predicted molar refractivity (Wildman–Crippen MR) is 107 cm³/mol. The van der Waals surface area contributed by atoms with Gasteiger partial charge in [0.1, 0.15) is 11.6 Å². The lowest BCUT2D eigenvalue weighted by atomic mass is 9.86. The maximum atomic E-state index is 14.5. The summed E-state index contributed by atoms with van der Waals surface area (Å²) < 4.78 is 21.3. The van der Waals surface area contributed by atoms with Crippen molar-refractivity contribution in [3.63, 3.8) is 0 Å². The van der Waals surface area contributed by atoms with E-state index in [0.717, 1.165) is 11.1 Å². The van der Waals surface area contributed by atoms with Crippen molar-refractivity contribution in [3.8, 4) is 16.9 Å². The zero-order valence-electron chi connectivity index (χ0n) is 15.7. The van der Waals surface area contributed by atoms with Crippen LogP contribution in [-0.2, 0) is 5.41 Å². The van der Waals surface area contributed by atoms with Gasteiger partial charge in [0, 0.05) is 32.2 Å². The van der Waals surface area contributed by atoms with Crippen LogP contribution in [-0.4, -0.2) is 7.11 Å². The number of ether oxygens (including phenoxy) is 1. The van der Waals surface area contributed by atoms with E-state index in [1.807, 2.05) is 31.3 Å². The first-order chi connectivity index (χ1) is 11.7. The van der Waals surface area contributed by atoms with Crippen LogP contribution in [0.15, 0.2) is 36.4 Å². The number of hydrogen-bond acceptors (Lipinski definition) is 2. The van der Waals surface area contributed by atoms with E-state index < -0.39 is 0 Å². The summed E-state index contributed by atoms with van der Waals surface area (Å²) >= 11 is 1.81. The molecular weight excluding hydrogens is 331 g/mol. The highest BCUT2D eigenvalue weighted by Crippen LogP contribution is 2.48. The van der Waals surface area contributed by atoms with Gasteiger partial charge in [-0.05, 0) is 29.0 Å². The van der Waals surface area contributed by atoms with Crippen LogP contribution in [0.3, 0.4) is 0 Å². The topological polar surface area (TPSA) is 9.23 Å². The normalized spacial score (nSPS) is 12.2. The van der Waals surface area contributed by atoms with Crippen LogP contribution < -0.4 is 4.74 Å². The molecule has 0 amide bonds. The van der Waals surface area contributed by atoms with Crippen LogP contribution in [0.2, 0.25) is 0 Å². The molecule has 0 atom stereocenters. The SMILES string of the molecule is COc1cc(F)c(C(C)C)cc1-c1c(C(C)(C)C)sc2ccccc12. The lowest BCUT2D eigenvalue weighted by Crippen LogP contribution is -2.10. The molecule has 0 aliphatic heterocycles. The molecule has 25 heavy (non-hydrogen) atoms. The lowest BCUT2D eigenvalue weighted by Gasteiger charge is -2.21. The van der Waals surface area contributed by atoms with Gasteiger partial charge in [0.2, 0.25) is 0 Å². The maximum absolute atomic E-state index is 14.5. The summed E-state index contributed by atoms with van der Waals surface area (Å²) in [7, 11) is 1.61. The molecule has 3 aromatic rings. The molecule has 2 aromatic carbocycles. The average Bonchev–Trinajstić information content (AvgIpc) is 2.94. The lowest BCUT2D eigenvalue weighted by molar-refractivity contribution is 0.412. The Hall–Kier alpha value is -1.87. The van der Waals surface area contributed by atoms with E-state index in [-0.39, 0.29) is 17.2 Å². The van der Waals surface area contributed by atoms with E-state index in [1.54, 1.807) is 7.11 Å². The third kappa shape index (κ3) is 3.18. The van der Waals surface area contributed by atoms with Crippen molar-refractivity contribution in [2.45, 2.75) is 46.0 Å². The van der Waals surface area contributed by atoms with Crippen molar-refractivity contribution in [2.75, 3.05) is 7.11 Å². The Kier molecular flexibility index (Phi) is 4.63. The maximum Gasteiger partial charge on any atom is 0.130 e. The molecule has 1 heterocycles. The highest BCUT2D eigenvalue weighted by atomic mass is 32.1. The number of hydrogen-bond donors (Lipinski definition) is 0. The molecular formula is C22H25FOS. The zero-order valence-corrected chi connectivity index (χ0v) is 16.6. The summed E-state index contributed by atoms with van der Waals surface area (Å²) in [5.74, 6) is 0.510. The molecule has 0 fully saturated rings. The van der Waals surface area contributed by atoms with Crippen molar-refractivity contribution in [1.82, 2.24) is 0 Å². The number of fused-ring (bicyclic) bond motifs is 1. The van der Waals surface area contributed by atoms with E-state index >= 15 is 0 Å². The summed E-state index contributed by atoms with van der Waals surface area (Å²) in [4.78, 5) is 1.30. The average molecular weight is 357 g/mol. The molecule has 0 N–H and O–H groups in total. The number of methoxy groups -OCH3 is 1. The van der Waals surface area contributed by atoms with Gasteiger partial charge in [-0.15, -0.1) is 11.3 Å². The summed E-state index contributed by atoms with van der Waals surface area (Å²) in [6.45, 7) is 10.7. The van der Waals surface area contributed by atoms with E-state index in [2.05, 4.69) is 45.0 Å². The molecule has 1 aromatic heterocycles. The Bertz CT molecular complexity index is 916. The van der Waals surface area contributed by atoms with Gasteiger partial charge in [0.05, 0.1) is 7.11 Å². The van der Waals surface area contributed by atoms with Crippen molar-refractivity contribution >= 4 is 21.4 Å². The van der Waals surface area contributed by atoms with Gasteiger partial charge >= 0.3 is 0 Å². The molecule has 1 nitrogen and oxygen atoms in total. The van der Waals surface area contributed by atoms with E-state index in [9.17, 15) is 4.39 Å². The Morgan fingerprint density at radius 3 is 2.36 bits per heavy atom. The minimum Gasteiger partial charge on any atom is -0.496 e. The van der Waals surface area contributed by atoms with Crippen LogP contribution >= 0.6 is 11.3 Å². The van der Waals surface area contributed by atoms with E-state index in [4.69, 9.17) is 4.74 Å². The Morgan fingerprint density at radius 2 is 1.76 bits per heavy atom. The zero-order chi connectivity index (χ0) is 18.4. The van der Waals surface area contributed by atoms with Crippen LogP contribution in [0.5, 0.6) is 5.75 Å². The van der Waals surface area contributed by atoms with Gasteiger partial charge in [-0.2, -0.15) is 0 Å². The first kappa shape index (κ1) is 17.9. The van der Waals surface area contributed by atoms with Crippen LogP contribution in [0.25, 0.3) is 21.2 Å². The second-order valence-electron chi connectivity index (χ2n) is 7.78. The van der Waals surface area contributed by atoms with Crippen LogP contribution in [0.1, 0.15) is 51.0 Å². The molecule has 3 heteroatoms. The molecule has 0 aliphatic rings. The largest absolute Gasteiger partial charge is 0.496 e. The second-order valence-corrected chi connectivity index (χ2v) is 8.83. The Labute approximate surface area is 153 Å². The van der Waals surface area contributed by atoms with Crippen molar-refractivity contribution in [1.29, 1.82) is 0 Å². The summed E-state index contributed by atoms with van der Waals surface area (Å²) in [5.41, 5.74) is 2.88. The van der Waals surface area contributed by atoms with Crippen LogP contribution in [0, 0.1) is 5.82 Å². The fourth-order valence-corrected chi connectivity index (χ4v) is 4.49. The van der Waals surface area contributed by atoms with E-state index in [1.165, 1.54) is 26.6 Å². The quantitative estimate of drug-likeness (QED) is 0.485. The number of halogens is 1. The number of thiophene rings is 1. The predicted octanol–water partition coefficient (Wildman–Crippen LogP) is 7.14. The Morgan fingerprint density at radius 1 is 1.08 bits per heavy atom. The van der Waals surface area contributed by atoms with Crippen molar-refractivity contribution < 1.29 is 9.13 Å². The third-order valence-electron chi connectivity index (χ3n) is 4.49. The first-order valence-electron chi connectivity index (χ1n) is 8.64. The highest BCUT2D eigenvalue weighted by Gasteiger charge is 2.26. The molecule has 0 aliphatic carbocycles. The molecule has 0 radical (unpaired) electrons. The fourth-order valence-electron chi connectivity index (χ4n) is 3.22. The molecule has 0 spiro atoms. The molecule has 0 saturated heterocycles. The number of rotatable bonds is 3. The monoisotopic (exact) mass is 356 g/mol. The molecule has 0 saturated carbocycles. The van der Waals surface area contributed by atoms with Gasteiger partial charge in [-0.25, -0.2) is 4.39 Å². The fraction of sp³-hybridized carbons (Fsp3) is 0.364. The minimum absolute atomic E-state index is 0.00356. The van der Waals surface area contributed by atoms with Gasteiger partial charge in [-0.1, -0.05) is 52.8 Å². The Balaban J connectivity index is 2.42.